The van der Waals surface area contributed by atoms with Crippen molar-refractivity contribution in [2.45, 2.75) is 20.4 Å². The van der Waals surface area contributed by atoms with Crippen LogP contribution in [-0.2, 0) is 11.3 Å². The van der Waals surface area contributed by atoms with E-state index in [1.165, 1.54) is 0 Å². The Balaban J connectivity index is 1.81. The maximum atomic E-state index is 12.0. The number of nitrogens with zero attached hydrogens (tertiary/aromatic N) is 1. The van der Waals surface area contributed by atoms with Gasteiger partial charge in [0, 0.05) is 24.5 Å². The number of pyridine rings is 1. The topological polar surface area (TPSA) is 71.1 Å². The molecule has 0 saturated heterocycles. The molecule has 0 aliphatic heterocycles. The molecule has 0 aliphatic carbocycles. The van der Waals surface area contributed by atoms with Gasteiger partial charge in [0.1, 0.15) is 0 Å². The summed E-state index contributed by atoms with van der Waals surface area (Å²) in [5, 5.41) is 5.36. The Hall–Kier alpha value is -2.69. The summed E-state index contributed by atoms with van der Waals surface area (Å²) >= 11 is 0. The second-order valence-corrected chi connectivity index (χ2v) is 5.20. The third-order valence-corrected chi connectivity index (χ3v) is 3.11. The van der Waals surface area contributed by atoms with Gasteiger partial charge in [0.15, 0.2) is 0 Å². The normalized spacial score (nSPS) is 10.1. The van der Waals surface area contributed by atoms with E-state index in [2.05, 4.69) is 15.6 Å². The van der Waals surface area contributed by atoms with Crippen LogP contribution >= 0.6 is 0 Å². The van der Waals surface area contributed by atoms with Gasteiger partial charge in [0.05, 0.1) is 6.54 Å². The average molecular weight is 297 g/mol. The fourth-order valence-corrected chi connectivity index (χ4v) is 2.13. The molecular formula is C17H19N3O2. The zero-order valence-corrected chi connectivity index (χ0v) is 12.7. The summed E-state index contributed by atoms with van der Waals surface area (Å²) in [6, 6.07) is 9.29. The van der Waals surface area contributed by atoms with Gasteiger partial charge >= 0.3 is 0 Å². The molecule has 114 valence electrons. The first kappa shape index (κ1) is 15.7. The molecule has 0 spiro atoms. The Bertz CT molecular complexity index is 649. The Labute approximate surface area is 129 Å². The maximum absolute atomic E-state index is 12.0. The van der Waals surface area contributed by atoms with Gasteiger partial charge in [-0.3, -0.25) is 14.6 Å². The van der Waals surface area contributed by atoms with Crippen molar-refractivity contribution in [2.24, 2.45) is 0 Å². The quantitative estimate of drug-likeness (QED) is 0.883. The van der Waals surface area contributed by atoms with Crippen LogP contribution in [-0.4, -0.2) is 23.3 Å². The SMILES string of the molecule is Cc1cc(C)cc(C(=O)NCC(=O)NCc2cccnc2)c1. The highest BCUT2D eigenvalue weighted by atomic mass is 16.2. The molecule has 0 bridgehead atoms. The zero-order valence-electron chi connectivity index (χ0n) is 12.7. The summed E-state index contributed by atoms with van der Waals surface area (Å²) in [6.07, 6.45) is 3.36. The maximum Gasteiger partial charge on any atom is 0.251 e. The highest BCUT2D eigenvalue weighted by Gasteiger charge is 2.08. The van der Waals surface area contributed by atoms with Crippen molar-refractivity contribution < 1.29 is 9.59 Å². The molecule has 0 saturated carbocycles. The van der Waals surface area contributed by atoms with Crippen LogP contribution in [0.5, 0.6) is 0 Å². The lowest BCUT2D eigenvalue weighted by Gasteiger charge is -2.08. The standard InChI is InChI=1S/C17H19N3O2/c1-12-6-13(2)8-15(7-12)17(22)20-11-16(21)19-10-14-4-3-5-18-9-14/h3-9H,10-11H2,1-2H3,(H,19,21)(H,20,22). The first-order valence-electron chi connectivity index (χ1n) is 7.06. The van der Waals surface area contributed by atoms with E-state index in [0.29, 0.717) is 12.1 Å². The molecular weight excluding hydrogens is 278 g/mol. The number of benzene rings is 1. The molecule has 2 rings (SSSR count). The summed E-state index contributed by atoms with van der Waals surface area (Å²) in [6.45, 7) is 4.22. The summed E-state index contributed by atoms with van der Waals surface area (Å²) in [5.41, 5.74) is 3.52. The van der Waals surface area contributed by atoms with Gasteiger partial charge in [-0.05, 0) is 37.6 Å². The van der Waals surface area contributed by atoms with Gasteiger partial charge in [-0.2, -0.15) is 0 Å². The minimum absolute atomic E-state index is 0.0495. The van der Waals surface area contributed by atoms with Crippen molar-refractivity contribution in [3.8, 4) is 0 Å². The number of amides is 2. The van der Waals surface area contributed by atoms with Crippen LogP contribution in [0.2, 0.25) is 0 Å². The van der Waals surface area contributed by atoms with E-state index < -0.39 is 0 Å². The fourth-order valence-electron chi connectivity index (χ4n) is 2.13. The summed E-state index contributed by atoms with van der Waals surface area (Å²) in [5.74, 6) is -0.482. The van der Waals surface area contributed by atoms with Crippen LogP contribution in [0.15, 0.2) is 42.7 Å². The number of aryl methyl sites for hydroxylation is 2. The highest BCUT2D eigenvalue weighted by molar-refractivity contribution is 5.96. The van der Waals surface area contributed by atoms with Crippen molar-refractivity contribution >= 4 is 11.8 Å². The Morgan fingerprint density at radius 1 is 1.09 bits per heavy atom. The van der Waals surface area contributed by atoms with Gasteiger partial charge in [-0.1, -0.05) is 23.3 Å². The number of carbonyl (C=O) groups excluding carboxylic acids is 2. The molecule has 2 aromatic rings. The lowest BCUT2D eigenvalue weighted by atomic mass is 10.1. The third-order valence-electron chi connectivity index (χ3n) is 3.11. The van der Waals surface area contributed by atoms with Crippen molar-refractivity contribution in [2.75, 3.05) is 6.54 Å². The molecule has 0 unspecified atom stereocenters. The van der Waals surface area contributed by atoms with Gasteiger partial charge < -0.3 is 10.6 Å². The molecule has 1 aromatic carbocycles. The zero-order chi connectivity index (χ0) is 15.9. The number of carbonyl (C=O) groups is 2. The molecule has 5 heteroatoms. The monoisotopic (exact) mass is 297 g/mol. The van der Waals surface area contributed by atoms with Crippen molar-refractivity contribution in [3.63, 3.8) is 0 Å². The minimum Gasteiger partial charge on any atom is -0.350 e. The van der Waals surface area contributed by atoms with Crippen LogP contribution in [0.1, 0.15) is 27.0 Å². The lowest BCUT2D eigenvalue weighted by molar-refractivity contribution is -0.120. The van der Waals surface area contributed by atoms with Gasteiger partial charge in [-0.15, -0.1) is 0 Å². The van der Waals surface area contributed by atoms with Crippen molar-refractivity contribution in [1.29, 1.82) is 0 Å². The van der Waals surface area contributed by atoms with Crippen molar-refractivity contribution in [1.82, 2.24) is 15.6 Å². The summed E-state index contributed by atoms with van der Waals surface area (Å²) < 4.78 is 0. The smallest absolute Gasteiger partial charge is 0.251 e. The molecule has 2 N–H and O–H groups in total. The van der Waals surface area contributed by atoms with Gasteiger partial charge in [0.25, 0.3) is 5.91 Å². The molecule has 1 aromatic heterocycles. The van der Waals surface area contributed by atoms with Crippen LogP contribution in [0.25, 0.3) is 0 Å². The van der Waals surface area contributed by atoms with Crippen LogP contribution < -0.4 is 10.6 Å². The van der Waals surface area contributed by atoms with Crippen molar-refractivity contribution in [3.05, 3.63) is 65.0 Å². The Morgan fingerprint density at radius 3 is 2.45 bits per heavy atom. The third kappa shape index (κ3) is 4.70. The first-order chi connectivity index (χ1) is 10.5. The van der Waals surface area contributed by atoms with Gasteiger partial charge in [0.2, 0.25) is 5.91 Å². The second kappa shape index (κ2) is 7.36. The number of hydrogen-bond acceptors (Lipinski definition) is 3. The second-order valence-electron chi connectivity index (χ2n) is 5.20. The number of rotatable bonds is 5. The van der Waals surface area contributed by atoms with E-state index in [1.54, 1.807) is 24.5 Å². The number of aromatic nitrogens is 1. The van der Waals surface area contributed by atoms with Crippen LogP contribution in [0, 0.1) is 13.8 Å². The van der Waals surface area contributed by atoms with E-state index in [9.17, 15) is 9.59 Å². The predicted molar refractivity (Wildman–Crippen MR) is 84.3 cm³/mol. The number of nitrogens with one attached hydrogen (secondary N) is 2. The lowest BCUT2D eigenvalue weighted by Crippen LogP contribution is -2.36. The molecule has 0 radical (unpaired) electrons. The molecule has 2 amide bonds. The summed E-state index contributed by atoms with van der Waals surface area (Å²) in [7, 11) is 0. The van der Waals surface area contributed by atoms with Crippen LogP contribution in [0.4, 0.5) is 0 Å². The largest absolute Gasteiger partial charge is 0.350 e. The van der Waals surface area contributed by atoms with Crippen LogP contribution in [0.3, 0.4) is 0 Å². The Kier molecular flexibility index (Phi) is 5.25. The molecule has 0 atom stereocenters. The molecule has 22 heavy (non-hydrogen) atoms. The van der Waals surface area contributed by atoms with Gasteiger partial charge in [-0.25, -0.2) is 0 Å². The molecule has 1 heterocycles. The average Bonchev–Trinajstić information content (AvgIpc) is 2.50. The Morgan fingerprint density at radius 2 is 1.82 bits per heavy atom. The molecule has 0 fully saturated rings. The summed E-state index contributed by atoms with van der Waals surface area (Å²) in [4.78, 5) is 27.7. The van der Waals surface area contributed by atoms with E-state index in [4.69, 9.17) is 0 Å². The fraction of sp³-hybridized carbons (Fsp3) is 0.235. The first-order valence-corrected chi connectivity index (χ1v) is 7.06. The van der Waals surface area contributed by atoms with E-state index >= 15 is 0 Å². The highest BCUT2D eigenvalue weighted by Crippen LogP contribution is 2.08. The molecule has 5 nitrogen and oxygen atoms in total. The van der Waals surface area contributed by atoms with E-state index in [0.717, 1.165) is 16.7 Å². The van der Waals surface area contributed by atoms with E-state index in [-0.39, 0.29) is 18.4 Å². The number of hydrogen-bond donors (Lipinski definition) is 2. The minimum atomic E-state index is -0.247. The van der Waals surface area contributed by atoms with E-state index in [1.807, 2.05) is 32.0 Å². The predicted octanol–water partition coefficient (Wildman–Crippen LogP) is 1.74. The molecule has 0 aliphatic rings.